The van der Waals surface area contributed by atoms with Gasteiger partial charge in [0.05, 0.1) is 159 Å². The number of aromatic nitrogens is 6. The third kappa shape index (κ3) is 29.6. The molecule has 0 spiro atoms. The molecule has 11 rings (SSSR count). The number of aliphatic hydroxyl groups excluding tert-OH is 1. The molecule has 10 N–H and O–H groups in total. The van der Waals surface area contributed by atoms with Crippen LogP contribution in [0.4, 0.5) is 31.8 Å². The highest BCUT2D eigenvalue weighted by Gasteiger charge is 2.79. The van der Waals surface area contributed by atoms with E-state index in [1.54, 1.807) is 102 Å². The van der Waals surface area contributed by atoms with Crippen LogP contribution in [0.25, 0.3) is 0 Å². The summed E-state index contributed by atoms with van der Waals surface area (Å²) in [6, 6.07) is 13.6. The van der Waals surface area contributed by atoms with Crippen LogP contribution in [0, 0.1) is 22.7 Å². The van der Waals surface area contributed by atoms with Crippen molar-refractivity contribution in [3.63, 3.8) is 0 Å². The minimum absolute atomic E-state index is 0.0215. The van der Waals surface area contributed by atoms with Gasteiger partial charge in [-0.05, 0) is 115 Å². The Kier molecular flexibility index (Phi) is 39.5. The van der Waals surface area contributed by atoms with Crippen molar-refractivity contribution in [1.29, 1.82) is 0 Å². The third-order valence-corrected chi connectivity index (χ3v) is 29.0. The normalized spacial score (nSPS) is 24.3. The number of thioether (sulfide) groups is 1. The highest BCUT2D eigenvalue weighted by atomic mass is 33.1. The molecule has 744 valence electrons. The van der Waals surface area contributed by atoms with E-state index in [9.17, 15) is 53.0 Å². The summed E-state index contributed by atoms with van der Waals surface area (Å²) in [5.74, 6) is -6.59. The second-order valence-corrected chi connectivity index (χ2v) is 40.3. The number of unbranched alkanes of at least 4 members (excludes halogenated alkanes) is 1. The molecule has 1 unspecified atom stereocenters. The molecule has 3 saturated heterocycles. The third-order valence-electron chi connectivity index (χ3n) is 24.4. The van der Waals surface area contributed by atoms with E-state index in [1.807, 2.05) is 18.7 Å². The monoisotopic (exact) mass is 1950 g/mol. The van der Waals surface area contributed by atoms with Crippen molar-refractivity contribution in [2.24, 2.45) is 22.7 Å². The Morgan fingerprint density at radius 1 is 0.763 bits per heavy atom. The van der Waals surface area contributed by atoms with Crippen LogP contribution < -0.4 is 42.5 Å². The Morgan fingerprint density at radius 3 is 2.06 bits per heavy atom. The number of rotatable bonds is 55. The maximum atomic E-state index is 16.3. The summed E-state index contributed by atoms with van der Waals surface area (Å²) in [5.41, 5.74) is -7.69. The van der Waals surface area contributed by atoms with Gasteiger partial charge in [-0.3, -0.25) is 28.8 Å². The number of alkyl halides is 1. The molecular weight excluding hydrogens is 1820 g/mol. The molecule has 7 aliphatic rings. The maximum absolute atomic E-state index is 16.3. The molecule has 4 aromatic rings. The molecule has 2 aromatic heterocycles. The number of ketones is 1. The molecule has 5 heterocycles. The zero-order valence-electron chi connectivity index (χ0n) is 78.6. The number of ether oxygens (including phenoxy) is 13. The number of fused-ring (bicyclic) bond motifs is 6. The number of amides is 5. The van der Waals surface area contributed by atoms with Gasteiger partial charge in [-0.1, -0.05) is 102 Å². The van der Waals surface area contributed by atoms with Crippen molar-refractivity contribution in [1.82, 2.24) is 56.5 Å². The Balaban J connectivity index is 0.691. The van der Waals surface area contributed by atoms with Crippen LogP contribution in [0.15, 0.2) is 88.5 Å². The van der Waals surface area contributed by atoms with E-state index in [0.29, 0.717) is 138 Å². The number of urea groups is 1. The average molecular weight is 1950 g/mol. The van der Waals surface area contributed by atoms with Crippen LogP contribution in [0.2, 0.25) is 0 Å². The van der Waals surface area contributed by atoms with Gasteiger partial charge in [-0.25, -0.2) is 28.3 Å². The fourth-order valence-electron chi connectivity index (χ4n) is 17.4. The minimum Gasteiger partial charge on any atom is -0.455 e. The lowest BCUT2D eigenvalue weighted by Gasteiger charge is -2.67. The molecular formula is C92H131FN14O25S3. The molecule has 3 saturated carbocycles. The highest BCUT2D eigenvalue weighted by molar-refractivity contribution is 8.77. The van der Waals surface area contributed by atoms with E-state index in [-0.39, 0.29) is 122 Å². The predicted molar refractivity (Wildman–Crippen MR) is 495 cm³/mol. The first kappa shape index (κ1) is 106. The fraction of sp³-hybridized carbons (Fsp3) is 0.663. The molecule has 2 aromatic carbocycles. The Bertz CT molecular complexity index is 4740. The van der Waals surface area contributed by atoms with Crippen molar-refractivity contribution < 1.29 is 124 Å². The van der Waals surface area contributed by atoms with Gasteiger partial charge in [0, 0.05) is 85.3 Å². The smallest absolute Gasteiger partial charge is 0.408 e. The SMILES string of the molecule is CC(=O)O[C@@]12CO[C@@H]1C[C@H](O)[C@@]1(C)C(=O)[C@H](OC(=O)C3CC3)C3=C(C)[C@@H](OC(=O)[C@H](OC(=O)Cc4ccccc4SSC(C)CCC(=O)NCCNc4nc(NCCOCCOCCOCCNC(=O)CCCC[C@@H]5SC[C@@H]6NC(=O)N[C@@H]65)nc(NCc5cn(CCOCCOCCOCCF)nn5)n4)[C@H](C=C(C)C)NC(=O)OC(C)(C)C)C[C@@](O)([C@@H](OC(=O)c4ccccc4)[C@H]21)C3(C)C. The Hall–Kier alpha value is -9.41. The number of alkyl carbamates (subject to hydrolysis) is 1. The van der Waals surface area contributed by atoms with Crippen LogP contribution in [-0.4, -0.2) is 306 Å². The Labute approximate surface area is 797 Å². The van der Waals surface area contributed by atoms with E-state index in [4.69, 9.17) is 61.6 Å². The molecule has 43 heteroatoms. The Morgan fingerprint density at radius 2 is 1.40 bits per heavy atom. The molecule has 5 amide bonds. The average Bonchev–Trinajstić information content (AvgIpc) is 1.54. The van der Waals surface area contributed by atoms with E-state index in [2.05, 4.69) is 67.8 Å². The van der Waals surface area contributed by atoms with Crippen LogP contribution in [-0.2, 0) is 115 Å². The number of nitrogens with one attached hydrogen (secondary N) is 8. The number of halogens is 1. The first-order valence-corrected chi connectivity index (χ1v) is 49.4. The second kappa shape index (κ2) is 50.3. The van der Waals surface area contributed by atoms with Crippen LogP contribution in [0.5, 0.6) is 0 Å². The molecule has 2 bridgehead atoms. The molecule has 15 atom stereocenters. The van der Waals surface area contributed by atoms with Crippen molar-refractivity contribution in [2.75, 3.05) is 140 Å². The number of Topliss-reactive ketones (excluding diaryl/α,β-unsaturated/α-hetero) is 1. The van der Waals surface area contributed by atoms with Crippen LogP contribution >= 0.6 is 33.3 Å². The maximum Gasteiger partial charge on any atom is 0.408 e. The minimum atomic E-state index is -2.53. The summed E-state index contributed by atoms with van der Waals surface area (Å²) >= 11 is 1.87. The zero-order valence-corrected chi connectivity index (χ0v) is 81.0. The number of benzene rings is 2. The van der Waals surface area contributed by atoms with Crippen LogP contribution in [0.1, 0.15) is 162 Å². The number of hydrogen-bond acceptors (Lipinski definition) is 36. The van der Waals surface area contributed by atoms with E-state index in [0.717, 1.165) is 31.9 Å². The lowest BCUT2D eigenvalue weighted by Crippen LogP contribution is -2.82. The van der Waals surface area contributed by atoms with Crippen molar-refractivity contribution in [3.05, 3.63) is 100 Å². The summed E-state index contributed by atoms with van der Waals surface area (Å²) < 4.78 is 90.9. The van der Waals surface area contributed by atoms with Crippen molar-refractivity contribution in [3.8, 4) is 0 Å². The molecule has 0 radical (unpaired) electrons. The van der Waals surface area contributed by atoms with Gasteiger partial charge in [0.25, 0.3) is 0 Å². The summed E-state index contributed by atoms with van der Waals surface area (Å²) in [7, 11) is 2.81. The van der Waals surface area contributed by atoms with E-state index in [1.165, 1.54) is 53.6 Å². The molecule has 39 nitrogen and oxygen atoms in total. The number of carbonyl (C=O) groups excluding carboxylic acids is 10. The summed E-state index contributed by atoms with van der Waals surface area (Å²) in [4.78, 5) is 155. The standard InChI is InChI=1S/C92H131FN14O25S3/c1-55(2)47-63(100-87(118)132-88(6,7)8)75(82(116)127-65-50-92(119)79(130-81(115)59-19-13-12-14-20-59)77-90(11,68(109)49-69-91(77,54-126-69)131-58(5)108)78(113)76(129-80(114)60-26-27-60)73(57(65)4)89(92,9)10)128-72(112)48-61-21-15-16-22-66(61)135-134-56(3)25-28-71(111)94-30-31-96-83-102-84(104-85(103-83)98-51-62-52-107(106-105-62)34-38-123-42-46-124-43-39-120-35-29-93)97-33-37-122-41-45-125-44-40-121-36-32-95-70(110)24-18-17-23-67-74-64(53-133-67)99-86(117)101-74/h12-16,19-22,47,52,56,60,63-65,67-69,74-77,79,109,119H,17-18,23-46,48-51,53-54H2,1-11H3,(H,94,111)(H,95,110)(H,100,118)(H2,99,101,117)(H3,96,97,98,102,103,104)/t56?,63-,64-,65-,67-,68-,69+,74-,75+,76+,77-,79-,90+,91-,92+/m0/s1. The number of esters is 5. The fourth-order valence-corrected chi connectivity index (χ4v) is 21.4. The number of allylic oxidation sites excluding steroid dienone is 1. The molecule has 135 heavy (non-hydrogen) atoms. The number of carbonyl (C=O) groups is 10. The van der Waals surface area contributed by atoms with Crippen LogP contribution in [0.3, 0.4) is 0 Å². The first-order chi connectivity index (χ1) is 64.6. The molecule has 3 aliphatic heterocycles. The lowest BCUT2D eigenvalue weighted by atomic mass is 9.44. The largest absolute Gasteiger partial charge is 0.455 e. The second-order valence-electron chi connectivity index (χ2n) is 36.3. The number of aliphatic hydroxyl groups is 2. The van der Waals surface area contributed by atoms with Gasteiger partial charge in [0.2, 0.25) is 35.8 Å². The molecule has 4 aliphatic carbocycles. The summed E-state index contributed by atoms with van der Waals surface area (Å²) in [6.45, 7) is 21.9. The zero-order chi connectivity index (χ0) is 97.0. The van der Waals surface area contributed by atoms with E-state index >= 15 is 9.59 Å². The highest BCUT2D eigenvalue weighted by Crippen LogP contribution is 2.65. The van der Waals surface area contributed by atoms with Crippen molar-refractivity contribution >= 4 is 111 Å². The van der Waals surface area contributed by atoms with E-state index < -0.39 is 143 Å². The predicted octanol–water partition coefficient (Wildman–Crippen LogP) is 7.46. The van der Waals surface area contributed by atoms with Gasteiger partial charge >= 0.3 is 42.0 Å². The van der Waals surface area contributed by atoms with Gasteiger partial charge in [0.15, 0.2) is 17.5 Å². The lowest BCUT2D eigenvalue weighted by molar-refractivity contribution is -0.346. The topological polar surface area (TPSA) is 497 Å². The summed E-state index contributed by atoms with van der Waals surface area (Å²) in [6.07, 6.45) is -4.81. The quantitative estimate of drug-likeness (QED) is 0.00512. The molecule has 6 fully saturated rings. The van der Waals surface area contributed by atoms with Gasteiger partial charge in [-0.2, -0.15) is 26.7 Å². The number of anilines is 3. The van der Waals surface area contributed by atoms with Gasteiger partial charge < -0.3 is 114 Å². The van der Waals surface area contributed by atoms with Gasteiger partial charge in [0.1, 0.15) is 41.9 Å². The number of nitrogens with zero attached hydrogens (tertiary/aromatic N) is 6. The number of hydrogen-bond donors (Lipinski definition) is 10. The summed E-state index contributed by atoms with van der Waals surface area (Å²) in [5, 5.41) is 59.6. The first-order valence-electron chi connectivity index (χ1n) is 46.1. The van der Waals surface area contributed by atoms with Gasteiger partial charge in [-0.15, -0.1) is 5.10 Å². The van der Waals surface area contributed by atoms with Crippen molar-refractivity contribution in [2.45, 2.75) is 247 Å².